The van der Waals surface area contributed by atoms with Gasteiger partial charge in [0.05, 0.1) is 11.2 Å². The third-order valence-corrected chi connectivity index (χ3v) is 3.57. The highest BCUT2D eigenvalue weighted by Crippen LogP contribution is 2.33. The van der Waals surface area contributed by atoms with Crippen molar-refractivity contribution < 1.29 is 13.6 Å². The zero-order valence-electron chi connectivity index (χ0n) is 9.49. The van der Waals surface area contributed by atoms with Crippen LogP contribution < -0.4 is 0 Å². The van der Waals surface area contributed by atoms with Gasteiger partial charge in [-0.15, -0.1) is 0 Å². The van der Waals surface area contributed by atoms with E-state index < -0.39 is 5.82 Å². The van der Waals surface area contributed by atoms with Gasteiger partial charge in [-0.05, 0) is 38.1 Å². The predicted octanol–water partition coefficient (Wildman–Crippen LogP) is 4.08. The largest absolute Gasteiger partial charge is 0.468 e. The number of Topliss-reactive ketones (excluding diaryl/α,β-unsaturated/α-hetero) is 1. The van der Waals surface area contributed by atoms with E-state index in [1.807, 2.05) is 13.0 Å². The molecule has 17 heavy (non-hydrogen) atoms. The summed E-state index contributed by atoms with van der Waals surface area (Å²) < 4.78 is 18.3. The van der Waals surface area contributed by atoms with E-state index in [2.05, 4.69) is 0 Å². The van der Waals surface area contributed by atoms with Gasteiger partial charge < -0.3 is 4.42 Å². The standard InChI is InChI=1S/C13H11FO2S/c1-8(15)11-7-10(14)3-4-13(11)17-12-5-6-16-9(12)2/h3-7H,1-2H3. The summed E-state index contributed by atoms with van der Waals surface area (Å²) in [6, 6.07) is 6.06. The molecule has 0 spiro atoms. The van der Waals surface area contributed by atoms with E-state index in [0.717, 1.165) is 15.6 Å². The topological polar surface area (TPSA) is 30.2 Å². The fraction of sp³-hybridized carbons (Fsp3) is 0.154. The van der Waals surface area contributed by atoms with Gasteiger partial charge in [0.15, 0.2) is 5.78 Å². The van der Waals surface area contributed by atoms with Crippen molar-refractivity contribution in [2.24, 2.45) is 0 Å². The van der Waals surface area contributed by atoms with Gasteiger partial charge >= 0.3 is 0 Å². The molecule has 0 aliphatic carbocycles. The van der Waals surface area contributed by atoms with Crippen molar-refractivity contribution >= 4 is 17.5 Å². The second kappa shape index (κ2) is 4.75. The number of hydrogen-bond acceptors (Lipinski definition) is 3. The van der Waals surface area contributed by atoms with Gasteiger partial charge in [0.1, 0.15) is 11.6 Å². The number of halogens is 1. The van der Waals surface area contributed by atoms with Gasteiger partial charge in [0.25, 0.3) is 0 Å². The van der Waals surface area contributed by atoms with Crippen LogP contribution in [0.2, 0.25) is 0 Å². The molecule has 2 rings (SSSR count). The highest BCUT2D eigenvalue weighted by molar-refractivity contribution is 7.99. The van der Waals surface area contributed by atoms with E-state index in [9.17, 15) is 9.18 Å². The maximum absolute atomic E-state index is 13.1. The lowest BCUT2D eigenvalue weighted by atomic mass is 10.1. The van der Waals surface area contributed by atoms with Crippen LogP contribution >= 0.6 is 11.8 Å². The fourth-order valence-corrected chi connectivity index (χ4v) is 2.47. The van der Waals surface area contributed by atoms with Crippen LogP contribution in [0.15, 0.2) is 44.7 Å². The third kappa shape index (κ3) is 2.58. The second-order valence-corrected chi connectivity index (χ2v) is 4.72. The van der Waals surface area contributed by atoms with Crippen molar-refractivity contribution in [3.63, 3.8) is 0 Å². The first-order chi connectivity index (χ1) is 8.08. The first kappa shape index (κ1) is 11.9. The van der Waals surface area contributed by atoms with Gasteiger partial charge in [-0.2, -0.15) is 0 Å². The first-order valence-corrected chi connectivity index (χ1v) is 5.92. The zero-order valence-corrected chi connectivity index (χ0v) is 10.3. The Morgan fingerprint density at radius 1 is 1.29 bits per heavy atom. The van der Waals surface area contributed by atoms with Crippen LogP contribution in [0.5, 0.6) is 0 Å². The normalized spacial score (nSPS) is 10.5. The highest BCUT2D eigenvalue weighted by atomic mass is 32.2. The molecule has 0 fully saturated rings. The molecule has 0 unspecified atom stereocenters. The summed E-state index contributed by atoms with van der Waals surface area (Å²) in [5.74, 6) is 0.241. The summed E-state index contributed by atoms with van der Waals surface area (Å²) in [7, 11) is 0. The van der Waals surface area contributed by atoms with Crippen LogP contribution in [0.4, 0.5) is 4.39 Å². The molecule has 0 aliphatic heterocycles. The van der Waals surface area contributed by atoms with Gasteiger partial charge in [0, 0.05) is 10.5 Å². The summed E-state index contributed by atoms with van der Waals surface area (Å²) in [5, 5.41) is 0. The Balaban J connectivity index is 2.39. The van der Waals surface area contributed by atoms with Gasteiger partial charge in [-0.1, -0.05) is 11.8 Å². The van der Waals surface area contributed by atoms with E-state index >= 15 is 0 Å². The summed E-state index contributed by atoms with van der Waals surface area (Å²) in [6.45, 7) is 3.28. The van der Waals surface area contributed by atoms with E-state index in [0.29, 0.717) is 5.56 Å². The van der Waals surface area contributed by atoms with E-state index in [-0.39, 0.29) is 5.78 Å². The molecule has 2 aromatic rings. The predicted molar refractivity (Wildman–Crippen MR) is 64.0 cm³/mol. The monoisotopic (exact) mass is 250 g/mol. The number of carbonyl (C=O) groups excluding carboxylic acids is 1. The minimum absolute atomic E-state index is 0.145. The Kier molecular flexibility index (Phi) is 3.33. The molecular weight excluding hydrogens is 239 g/mol. The summed E-state index contributed by atoms with van der Waals surface area (Å²) in [6.07, 6.45) is 1.59. The molecule has 0 bridgehead atoms. The average Bonchev–Trinajstić information content (AvgIpc) is 2.67. The smallest absolute Gasteiger partial charge is 0.161 e. The molecule has 1 aromatic carbocycles. The lowest BCUT2D eigenvalue weighted by Crippen LogP contribution is -1.96. The van der Waals surface area contributed by atoms with Crippen molar-refractivity contribution in [3.8, 4) is 0 Å². The number of aryl methyl sites for hydroxylation is 1. The molecule has 1 heterocycles. The fourth-order valence-electron chi connectivity index (χ4n) is 1.46. The number of carbonyl (C=O) groups is 1. The van der Waals surface area contributed by atoms with E-state index in [1.165, 1.54) is 30.8 Å². The van der Waals surface area contributed by atoms with E-state index in [4.69, 9.17) is 4.42 Å². The first-order valence-electron chi connectivity index (χ1n) is 5.10. The molecule has 0 saturated carbocycles. The third-order valence-electron chi connectivity index (χ3n) is 2.35. The van der Waals surface area contributed by atoms with Crippen LogP contribution in [0.3, 0.4) is 0 Å². The molecule has 0 amide bonds. The molecule has 0 atom stereocenters. The number of furan rings is 1. The lowest BCUT2D eigenvalue weighted by molar-refractivity contribution is 0.101. The van der Waals surface area contributed by atoms with Crippen molar-refractivity contribution in [1.82, 2.24) is 0 Å². The second-order valence-electron chi connectivity index (χ2n) is 3.64. The molecule has 0 radical (unpaired) electrons. The molecule has 2 nitrogen and oxygen atoms in total. The molecule has 88 valence electrons. The van der Waals surface area contributed by atoms with Gasteiger partial charge in [-0.3, -0.25) is 4.79 Å². The Bertz CT molecular complexity index is 560. The number of ketones is 1. The van der Waals surface area contributed by atoms with Gasteiger partial charge in [-0.25, -0.2) is 4.39 Å². The van der Waals surface area contributed by atoms with Crippen molar-refractivity contribution in [1.29, 1.82) is 0 Å². The number of benzene rings is 1. The highest BCUT2D eigenvalue weighted by Gasteiger charge is 2.12. The summed E-state index contributed by atoms with van der Waals surface area (Å²) >= 11 is 1.40. The van der Waals surface area contributed by atoms with Crippen LogP contribution in [0.25, 0.3) is 0 Å². The number of rotatable bonds is 3. The van der Waals surface area contributed by atoms with Crippen LogP contribution in [-0.4, -0.2) is 5.78 Å². The maximum atomic E-state index is 13.1. The van der Waals surface area contributed by atoms with Crippen molar-refractivity contribution in [3.05, 3.63) is 47.7 Å². The summed E-state index contributed by atoms with van der Waals surface area (Å²) in [4.78, 5) is 13.1. The van der Waals surface area contributed by atoms with Gasteiger partial charge in [0.2, 0.25) is 0 Å². The molecular formula is C13H11FO2S. The Morgan fingerprint density at radius 2 is 2.06 bits per heavy atom. The molecule has 0 N–H and O–H groups in total. The van der Waals surface area contributed by atoms with Crippen LogP contribution in [0, 0.1) is 12.7 Å². The average molecular weight is 250 g/mol. The lowest BCUT2D eigenvalue weighted by Gasteiger charge is -2.05. The molecule has 1 aromatic heterocycles. The van der Waals surface area contributed by atoms with E-state index in [1.54, 1.807) is 12.3 Å². The van der Waals surface area contributed by atoms with Crippen molar-refractivity contribution in [2.75, 3.05) is 0 Å². The molecule has 0 saturated heterocycles. The number of hydrogen-bond donors (Lipinski definition) is 0. The SMILES string of the molecule is CC(=O)c1cc(F)ccc1Sc1ccoc1C. The Labute approximate surface area is 103 Å². The van der Waals surface area contributed by atoms with Crippen LogP contribution in [0.1, 0.15) is 23.0 Å². The summed E-state index contributed by atoms with van der Waals surface area (Å²) in [5.41, 5.74) is 0.399. The minimum Gasteiger partial charge on any atom is -0.468 e. The maximum Gasteiger partial charge on any atom is 0.161 e. The molecule has 4 heteroatoms. The van der Waals surface area contributed by atoms with Crippen molar-refractivity contribution in [2.45, 2.75) is 23.6 Å². The minimum atomic E-state index is -0.400. The zero-order chi connectivity index (χ0) is 12.4. The molecule has 0 aliphatic rings. The Hall–Kier alpha value is -1.55. The Morgan fingerprint density at radius 3 is 2.65 bits per heavy atom. The van der Waals surface area contributed by atoms with Crippen LogP contribution in [-0.2, 0) is 0 Å². The quantitative estimate of drug-likeness (QED) is 0.769.